The maximum absolute atomic E-state index is 13.8. The van der Waals surface area contributed by atoms with Crippen molar-refractivity contribution in [3.8, 4) is 11.8 Å². The monoisotopic (exact) mass is 846 g/mol. The van der Waals surface area contributed by atoms with E-state index in [1.54, 1.807) is 43.0 Å². The molecule has 13 nitrogen and oxygen atoms in total. The Labute approximate surface area is 352 Å². The molecule has 4 aliphatic rings. The zero-order valence-electron chi connectivity index (χ0n) is 33.7. The van der Waals surface area contributed by atoms with Crippen molar-refractivity contribution in [2.45, 2.75) is 88.1 Å². The Bertz CT molecular complexity index is 2190. The van der Waals surface area contributed by atoms with Crippen LogP contribution in [0, 0.1) is 11.3 Å². The summed E-state index contributed by atoms with van der Waals surface area (Å²) in [5, 5.41) is 17.8. The van der Waals surface area contributed by atoms with E-state index in [4.69, 9.17) is 17.4 Å². The van der Waals surface area contributed by atoms with Crippen LogP contribution in [0.1, 0.15) is 75.5 Å². The second-order valence-electron chi connectivity index (χ2n) is 16.2. The first-order valence-corrected chi connectivity index (χ1v) is 20.7. The maximum atomic E-state index is 13.8. The summed E-state index contributed by atoms with van der Waals surface area (Å²) < 4.78 is 47.9. The molecule has 3 aromatic carbocycles. The van der Waals surface area contributed by atoms with Gasteiger partial charge < -0.3 is 20.3 Å². The smallest absolute Gasteiger partial charge is 0.417 e. The number of ether oxygens (including phenoxy) is 1. The van der Waals surface area contributed by atoms with Crippen molar-refractivity contribution in [3.63, 3.8) is 0 Å². The number of hydrogen-bond acceptors (Lipinski definition) is 11. The molecule has 0 aromatic heterocycles. The van der Waals surface area contributed by atoms with Crippen LogP contribution in [0.3, 0.4) is 0 Å². The van der Waals surface area contributed by atoms with Gasteiger partial charge in [-0.2, -0.15) is 18.4 Å². The average molecular weight is 847 g/mol. The number of nitriles is 1. The number of anilines is 4. The van der Waals surface area contributed by atoms with E-state index in [0.717, 1.165) is 55.8 Å². The lowest BCUT2D eigenvalue weighted by molar-refractivity contribution is -0.138. The molecule has 3 aromatic rings. The Morgan fingerprint density at radius 2 is 1.77 bits per heavy atom. The number of amides is 4. The van der Waals surface area contributed by atoms with Crippen LogP contribution in [-0.4, -0.2) is 95.9 Å². The molecule has 4 fully saturated rings. The van der Waals surface area contributed by atoms with Gasteiger partial charge in [0.15, 0.2) is 5.50 Å². The predicted molar refractivity (Wildman–Crippen MR) is 224 cm³/mol. The molecule has 4 amide bonds. The molecule has 318 valence electrons. The first kappa shape index (κ1) is 42.8. The van der Waals surface area contributed by atoms with Crippen molar-refractivity contribution in [1.82, 2.24) is 15.1 Å². The van der Waals surface area contributed by atoms with Crippen LogP contribution in [0.2, 0.25) is 0 Å². The largest absolute Gasteiger partial charge is 0.492 e. The minimum Gasteiger partial charge on any atom is -0.492 e. The Morgan fingerprint density at radius 1 is 1.02 bits per heavy atom. The van der Waals surface area contributed by atoms with Crippen molar-refractivity contribution in [3.05, 3.63) is 77.4 Å². The Balaban J connectivity index is 0.942. The fourth-order valence-corrected chi connectivity index (χ4v) is 8.96. The average Bonchev–Trinajstić information content (AvgIpc) is 4.03. The number of piperazine rings is 1. The number of thiol groups is 1. The van der Waals surface area contributed by atoms with Gasteiger partial charge >= 0.3 is 6.18 Å². The number of nitrogens with one attached hydrogen (secondary N) is 3. The van der Waals surface area contributed by atoms with Gasteiger partial charge in [-0.05, 0) is 106 Å². The van der Waals surface area contributed by atoms with E-state index < -0.39 is 40.3 Å². The summed E-state index contributed by atoms with van der Waals surface area (Å²) in [6.45, 7) is 9.13. The van der Waals surface area contributed by atoms with E-state index in [0.29, 0.717) is 43.2 Å². The van der Waals surface area contributed by atoms with E-state index in [1.807, 2.05) is 24.3 Å². The summed E-state index contributed by atoms with van der Waals surface area (Å²) in [6, 6.07) is 17.4. The highest BCUT2D eigenvalue weighted by atomic mass is 32.1. The number of rotatable bonds is 13. The standard InChI is InChI=1S/C43H49F3N8O5S/c1-4-30-24-51(16-17-52(30)25-38(56)49-29-7-5-6-28(20-29)48-35-13-15-37(55)50-39(35)57)18-19-59-36-14-12-32(21-33(36)26-8-9-26)54-41(60)53(40(58)42(54,2)3)31-11-10-27(23-47)34(22-31)43(44,45)46/h5-7,10-12,14,20-22,26,30,35,41,48,60H,4,8-9,13,15-19,24-25H2,1-3H3,(H,49,56)(H,50,55,57)/t30-,35?,41?/m1/s1. The summed E-state index contributed by atoms with van der Waals surface area (Å²) in [7, 11) is 0. The molecule has 60 heavy (non-hydrogen) atoms. The highest BCUT2D eigenvalue weighted by Crippen LogP contribution is 2.48. The summed E-state index contributed by atoms with van der Waals surface area (Å²) in [4.78, 5) is 58.2. The number of carbonyl (C=O) groups is 4. The van der Waals surface area contributed by atoms with Gasteiger partial charge in [-0.15, -0.1) is 12.6 Å². The molecule has 3 saturated heterocycles. The Morgan fingerprint density at radius 3 is 2.47 bits per heavy atom. The lowest BCUT2D eigenvalue weighted by Gasteiger charge is -2.40. The molecular formula is C43H49F3N8O5S. The summed E-state index contributed by atoms with van der Waals surface area (Å²) in [6.07, 6.45) is -1.27. The Hall–Kier alpha value is -5.31. The minimum absolute atomic E-state index is 0.00236. The third-order valence-corrected chi connectivity index (χ3v) is 12.2. The van der Waals surface area contributed by atoms with Crippen molar-refractivity contribution in [1.29, 1.82) is 5.26 Å². The van der Waals surface area contributed by atoms with Crippen LogP contribution >= 0.6 is 12.6 Å². The topological polar surface area (TPSA) is 150 Å². The van der Waals surface area contributed by atoms with E-state index >= 15 is 0 Å². The van der Waals surface area contributed by atoms with Gasteiger partial charge in [0.25, 0.3) is 5.91 Å². The van der Waals surface area contributed by atoms with E-state index in [-0.39, 0.29) is 48.3 Å². The minimum atomic E-state index is -4.78. The second-order valence-corrected chi connectivity index (χ2v) is 16.7. The molecule has 3 atom stereocenters. The molecule has 1 aliphatic carbocycles. The number of hydrogen-bond donors (Lipinski definition) is 4. The highest BCUT2D eigenvalue weighted by Gasteiger charge is 2.52. The first-order chi connectivity index (χ1) is 28.6. The van der Waals surface area contributed by atoms with Crippen LogP contribution in [0.15, 0.2) is 60.7 Å². The lowest BCUT2D eigenvalue weighted by atomic mass is 10.0. The number of carbonyl (C=O) groups excluding carboxylic acids is 4. The fourth-order valence-electron chi connectivity index (χ4n) is 8.30. The van der Waals surface area contributed by atoms with Gasteiger partial charge in [0.05, 0.1) is 23.7 Å². The van der Waals surface area contributed by atoms with Crippen LogP contribution in [0.4, 0.5) is 35.9 Å². The van der Waals surface area contributed by atoms with Crippen LogP contribution < -0.4 is 30.5 Å². The molecule has 0 bridgehead atoms. The Kier molecular flexibility index (Phi) is 12.4. The first-order valence-electron chi connectivity index (χ1n) is 20.2. The maximum Gasteiger partial charge on any atom is 0.417 e. The summed E-state index contributed by atoms with van der Waals surface area (Å²) >= 11 is 4.77. The van der Waals surface area contributed by atoms with Gasteiger partial charge in [0.1, 0.15) is 23.9 Å². The van der Waals surface area contributed by atoms with Gasteiger partial charge in [-0.3, -0.25) is 39.2 Å². The van der Waals surface area contributed by atoms with Gasteiger partial charge in [0, 0.05) is 61.4 Å². The summed E-state index contributed by atoms with van der Waals surface area (Å²) in [5.41, 5.74) is -0.723. The zero-order valence-corrected chi connectivity index (χ0v) is 34.6. The van der Waals surface area contributed by atoms with Crippen LogP contribution in [-0.2, 0) is 25.4 Å². The summed E-state index contributed by atoms with van der Waals surface area (Å²) in [5.74, 6) is -0.173. The van der Waals surface area contributed by atoms with Crippen molar-refractivity contribution >= 4 is 59.0 Å². The zero-order chi connectivity index (χ0) is 42.9. The SMILES string of the molecule is CC[C@@H]1CN(CCOc2ccc(N3C(S)N(c4ccc(C#N)c(C(F)(F)F)c4)C(=O)C3(C)C)cc2C2CC2)CCN1CC(=O)Nc1cccc(NC2CCC(=O)NC2=O)c1. The molecule has 0 radical (unpaired) electrons. The molecule has 1 saturated carbocycles. The van der Waals surface area contributed by atoms with Crippen LogP contribution in [0.5, 0.6) is 5.75 Å². The third kappa shape index (κ3) is 9.20. The quantitative estimate of drug-likeness (QED) is 0.121. The van der Waals surface area contributed by atoms with Crippen molar-refractivity contribution in [2.75, 3.05) is 59.8 Å². The molecule has 3 aliphatic heterocycles. The second kappa shape index (κ2) is 17.3. The third-order valence-electron chi connectivity index (χ3n) is 11.7. The molecule has 3 N–H and O–H groups in total. The van der Waals surface area contributed by atoms with Crippen molar-refractivity contribution < 1.29 is 37.1 Å². The van der Waals surface area contributed by atoms with Crippen LogP contribution in [0.25, 0.3) is 0 Å². The van der Waals surface area contributed by atoms with Gasteiger partial charge in [0.2, 0.25) is 17.7 Å². The molecule has 17 heteroatoms. The predicted octanol–water partition coefficient (Wildman–Crippen LogP) is 5.93. The number of imide groups is 1. The number of nitrogens with zero attached hydrogens (tertiary/aromatic N) is 5. The fraction of sp³-hybridized carbons (Fsp3) is 0.465. The molecule has 0 spiro atoms. The number of piperidine rings is 1. The van der Waals surface area contributed by atoms with Crippen molar-refractivity contribution in [2.24, 2.45) is 0 Å². The van der Waals surface area contributed by atoms with E-state index in [9.17, 15) is 37.6 Å². The molecule has 7 rings (SSSR count). The van der Waals surface area contributed by atoms with Gasteiger partial charge in [-0.25, -0.2) is 0 Å². The van der Waals surface area contributed by atoms with E-state index in [1.165, 1.54) is 11.0 Å². The normalized spacial score (nSPS) is 22.4. The van der Waals surface area contributed by atoms with Gasteiger partial charge in [-0.1, -0.05) is 13.0 Å². The number of benzene rings is 3. The lowest BCUT2D eigenvalue weighted by Crippen LogP contribution is -2.55. The molecule has 3 heterocycles. The van der Waals surface area contributed by atoms with E-state index in [2.05, 4.69) is 32.7 Å². The molecular weight excluding hydrogens is 798 g/mol. The molecule has 2 unspecified atom stereocenters. The highest BCUT2D eigenvalue weighted by molar-refractivity contribution is 7.81. The number of halogens is 3. The number of alkyl halides is 3.